The van der Waals surface area contributed by atoms with Gasteiger partial charge in [-0.1, -0.05) is 13.8 Å². The number of ether oxygens (including phenoxy) is 1. The van der Waals surface area contributed by atoms with Gasteiger partial charge in [-0.3, -0.25) is 14.6 Å². The second-order valence-electron chi connectivity index (χ2n) is 11.8. The highest BCUT2D eigenvalue weighted by Gasteiger charge is 2.50. The number of hydrogen-bond donors (Lipinski definition) is 1. The van der Waals surface area contributed by atoms with Crippen LogP contribution in [-0.4, -0.2) is 47.0 Å². The summed E-state index contributed by atoms with van der Waals surface area (Å²) in [6, 6.07) is 1.84. The number of alkyl halides is 3. The summed E-state index contributed by atoms with van der Waals surface area (Å²) < 4.78 is 44.8. The molecule has 1 amide bonds. The summed E-state index contributed by atoms with van der Waals surface area (Å²) in [5, 5.41) is 3.83. The zero-order valence-corrected chi connectivity index (χ0v) is 22.9. The quantitative estimate of drug-likeness (QED) is 0.433. The maximum absolute atomic E-state index is 13.9. The topological polar surface area (TPSA) is 71.5 Å². The highest BCUT2D eigenvalue weighted by atomic mass is 19.4. The minimum atomic E-state index is -4.45. The van der Waals surface area contributed by atoms with Crippen LogP contribution in [0.1, 0.15) is 95.4 Å². The van der Waals surface area contributed by atoms with Crippen molar-refractivity contribution in [3.63, 3.8) is 0 Å². The molecule has 1 aromatic rings. The Kier molecular flexibility index (Phi) is 9.05. The van der Waals surface area contributed by atoms with E-state index in [0.29, 0.717) is 49.2 Å². The Morgan fingerprint density at radius 2 is 1.92 bits per heavy atom. The summed E-state index contributed by atoms with van der Waals surface area (Å²) in [7, 11) is 0. The van der Waals surface area contributed by atoms with Crippen LogP contribution >= 0.6 is 0 Å². The van der Waals surface area contributed by atoms with Crippen LogP contribution < -0.4 is 5.32 Å². The summed E-state index contributed by atoms with van der Waals surface area (Å²) in [4.78, 5) is 31.4. The fourth-order valence-electron chi connectivity index (χ4n) is 6.76. The fourth-order valence-corrected chi connectivity index (χ4v) is 6.76. The molecule has 2 saturated carbocycles. The van der Waals surface area contributed by atoms with Crippen molar-refractivity contribution < 1.29 is 27.5 Å². The molecule has 6 nitrogen and oxygen atoms in total. The van der Waals surface area contributed by atoms with E-state index in [1.54, 1.807) is 4.90 Å². The first-order chi connectivity index (χ1) is 18.0. The second-order valence-corrected chi connectivity index (χ2v) is 11.8. The first kappa shape index (κ1) is 28.8. The molecule has 0 bridgehead atoms. The van der Waals surface area contributed by atoms with Gasteiger partial charge in [0.2, 0.25) is 5.91 Å². The molecule has 0 spiro atoms. The Bertz CT molecular complexity index is 991. The molecule has 4 rings (SSSR count). The van der Waals surface area contributed by atoms with Crippen LogP contribution in [0.2, 0.25) is 0 Å². The Labute approximate surface area is 224 Å². The number of carbonyl (C=O) groups is 2. The summed E-state index contributed by atoms with van der Waals surface area (Å²) in [6.07, 6.45) is 5.13. The molecule has 2 fully saturated rings. The van der Waals surface area contributed by atoms with Gasteiger partial charge in [0.25, 0.3) is 0 Å². The number of nitrogens with one attached hydrogen (secondary N) is 1. The minimum absolute atomic E-state index is 0.0718. The molecule has 1 aliphatic heterocycles. The minimum Gasteiger partial charge on any atom is -0.466 e. The van der Waals surface area contributed by atoms with Gasteiger partial charge in [0, 0.05) is 49.9 Å². The van der Waals surface area contributed by atoms with E-state index < -0.39 is 17.2 Å². The molecule has 1 N–H and O–H groups in total. The van der Waals surface area contributed by atoms with Crippen LogP contribution in [-0.2, 0) is 33.5 Å². The predicted octanol–water partition coefficient (Wildman–Crippen LogP) is 5.67. The molecule has 3 aliphatic rings. The van der Waals surface area contributed by atoms with Gasteiger partial charge < -0.3 is 15.0 Å². The Balaban J connectivity index is 1.33. The number of esters is 1. The molecular formula is C29H42F3N3O3. The van der Waals surface area contributed by atoms with Crippen molar-refractivity contribution in [2.45, 2.75) is 110 Å². The molecule has 38 heavy (non-hydrogen) atoms. The number of nitrogens with zero attached hydrogens (tertiary/aromatic N) is 2. The average Bonchev–Trinajstić information content (AvgIpc) is 3.32. The molecule has 2 heterocycles. The normalized spacial score (nSPS) is 27.9. The molecule has 2 unspecified atom stereocenters. The monoisotopic (exact) mass is 537 g/mol. The Morgan fingerprint density at radius 3 is 2.58 bits per heavy atom. The van der Waals surface area contributed by atoms with Gasteiger partial charge in [-0.25, -0.2) is 0 Å². The highest BCUT2D eigenvalue weighted by molar-refractivity contribution is 5.83. The zero-order valence-electron chi connectivity index (χ0n) is 22.9. The number of halogens is 3. The van der Waals surface area contributed by atoms with Gasteiger partial charge in [-0.15, -0.1) is 0 Å². The predicted molar refractivity (Wildman–Crippen MR) is 138 cm³/mol. The van der Waals surface area contributed by atoms with E-state index >= 15 is 0 Å². The second kappa shape index (κ2) is 11.9. The van der Waals surface area contributed by atoms with E-state index in [4.69, 9.17) is 4.74 Å². The molecule has 212 valence electrons. The van der Waals surface area contributed by atoms with Crippen molar-refractivity contribution >= 4 is 11.9 Å². The number of carbonyl (C=O) groups excluding carboxylic acids is 2. The van der Waals surface area contributed by atoms with Crippen LogP contribution in [0.3, 0.4) is 0 Å². The maximum atomic E-state index is 13.9. The van der Waals surface area contributed by atoms with Crippen molar-refractivity contribution in [3.05, 3.63) is 29.1 Å². The first-order valence-corrected chi connectivity index (χ1v) is 14.3. The van der Waals surface area contributed by atoms with E-state index in [0.717, 1.165) is 63.6 Å². The number of rotatable bonds is 8. The van der Waals surface area contributed by atoms with Crippen LogP contribution in [0, 0.1) is 17.3 Å². The number of amides is 1. The summed E-state index contributed by atoms with van der Waals surface area (Å²) in [5.74, 6) is 0.665. The number of aromatic nitrogens is 1. The molecule has 2 aliphatic carbocycles. The van der Waals surface area contributed by atoms with E-state index in [2.05, 4.69) is 24.1 Å². The molecule has 0 radical (unpaired) electrons. The smallest absolute Gasteiger partial charge is 0.417 e. The largest absolute Gasteiger partial charge is 0.466 e. The van der Waals surface area contributed by atoms with Crippen molar-refractivity contribution in [3.8, 4) is 0 Å². The standard InChI is InChI=1S/C29H42F3N3O3/c1-4-38-26(36)10-7-20-5-8-23(9-6-20)34-24-11-13-28(16-24,19(2)3)27(37)35-14-12-25-21(18-35)15-22(17-33-25)29(30,31)32/h15,17,19-20,23-24,34H,4-14,16,18H2,1-3H3. The molecule has 0 saturated heterocycles. The third-order valence-electron chi connectivity index (χ3n) is 9.11. The number of fused-ring (bicyclic) bond motifs is 1. The van der Waals surface area contributed by atoms with Gasteiger partial charge in [0.15, 0.2) is 0 Å². The van der Waals surface area contributed by atoms with Gasteiger partial charge in [0.1, 0.15) is 0 Å². The highest BCUT2D eigenvalue weighted by Crippen LogP contribution is 2.47. The van der Waals surface area contributed by atoms with Crippen molar-refractivity contribution in [2.24, 2.45) is 17.3 Å². The van der Waals surface area contributed by atoms with Crippen molar-refractivity contribution in [1.82, 2.24) is 15.2 Å². The lowest BCUT2D eigenvalue weighted by atomic mass is 9.73. The Hall–Kier alpha value is -2.16. The first-order valence-electron chi connectivity index (χ1n) is 14.3. The van der Waals surface area contributed by atoms with Crippen molar-refractivity contribution in [2.75, 3.05) is 13.2 Å². The number of hydrogen-bond acceptors (Lipinski definition) is 5. The lowest BCUT2D eigenvalue weighted by Crippen LogP contribution is -2.49. The summed E-state index contributed by atoms with van der Waals surface area (Å²) in [5.41, 5.74) is -0.0961. The summed E-state index contributed by atoms with van der Waals surface area (Å²) in [6.45, 7) is 7.13. The van der Waals surface area contributed by atoms with Crippen LogP contribution in [0.25, 0.3) is 0 Å². The maximum Gasteiger partial charge on any atom is 0.417 e. The van der Waals surface area contributed by atoms with E-state index in [1.165, 1.54) is 0 Å². The van der Waals surface area contributed by atoms with Gasteiger partial charge in [0.05, 0.1) is 17.6 Å². The van der Waals surface area contributed by atoms with E-state index in [9.17, 15) is 22.8 Å². The third kappa shape index (κ3) is 6.52. The Morgan fingerprint density at radius 1 is 1.18 bits per heavy atom. The van der Waals surface area contributed by atoms with Crippen molar-refractivity contribution in [1.29, 1.82) is 0 Å². The van der Waals surface area contributed by atoms with E-state index in [-0.39, 0.29) is 30.4 Å². The van der Waals surface area contributed by atoms with Gasteiger partial charge >= 0.3 is 12.1 Å². The lowest BCUT2D eigenvalue weighted by Gasteiger charge is -2.40. The molecule has 1 aromatic heterocycles. The van der Waals surface area contributed by atoms with Crippen LogP contribution in [0.15, 0.2) is 12.3 Å². The molecule has 9 heteroatoms. The fraction of sp³-hybridized carbons (Fsp3) is 0.759. The lowest BCUT2D eigenvalue weighted by molar-refractivity contribution is -0.146. The molecule has 2 atom stereocenters. The summed E-state index contributed by atoms with van der Waals surface area (Å²) >= 11 is 0. The van der Waals surface area contributed by atoms with Gasteiger partial charge in [-0.2, -0.15) is 13.2 Å². The number of pyridine rings is 1. The van der Waals surface area contributed by atoms with E-state index in [1.807, 2.05) is 6.92 Å². The average molecular weight is 538 g/mol. The molecule has 0 aromatic carbocycles. The van der Waals surface area contributed by atoms with Crippen LogP contribution in [0.4, 0.5) is 13.2 Å². The SMILES string of the molecule is CCOC(=O)CCC1CCC(NC2CCC(C(=O)N3CCc4ncc(C(F)(F)F)cc4C3)(C(C)C)C2)CC1. The molecular weight excluding hydrogens is 495 g/mol. The zero-order chi connectivity index (χ0) is 27.5. The van der Waals surface area contributed by atoms with Crippen LogP contribution in [0.5, 0.6) is 0 Å². The third-order valence-corrected chi connectivity index (χ3v) is 9.11. The van der Waals surface area contributed by atoms with Gasteiger partial charge in [-0.05, 0) is 81.8 Å².